The van der Waals surface area contributed by atoms with E-state index < -0.39 is 0 Å². The van der Waals surface area contributed by atoms with Crippen LogP contribution in [0.2, 0.25) is 0 Å². The van der Waals surface area contributed by atoms with E-state index in [1.165, 1.54) is 11.1 Å². The molecule has 0 fully saturated rings. The number of aryl methyl sites for hydroxylation is 2. The van der Waals surface area contributed by atoms with Crippen molar-refractivity contribution in [1.82, 2.24) is 5.32 Å². The third kappa shape index (κ3) is 4.46. The Hall–Kier alpha value is -2.55. The van der Waals surface area contributed by atoms with Gasteiger partial charge >= 0.3 is 0 Å². The van der Waals surface area contributed by atoms with E-state index in [2.05, 4.69) is 43.9 Å². The summed E-state index contributed by atoms with van der Waals surface area (Å²) < 4.78 is 5.42. The van der Waals surface area contributed by atoms with Crippen molar-refractivity contribution in [2.45, 2.75) is 26.8 Å². The fraction of sp³-hybridized carbons (Fsp3) is 0.250. The van der Waals surface area contributed by atoms with Crippen molar-refractivity contribution < 1.29 is 9.53 Å². The van der Waals surface area contributed by atoms with Gasteiger partial charge in [0, 0.05) is 5.56 Å². The highest BCUT2D eigenvalue weighted by atomic mass is 16.5. The van der Waals surface area contributed by atoms with Crippen LogP contribution in [0.5, 0.6) is 5.75 Å². The third-order valence-electron chi connectivity index (χ3n) is 3.72. The molecule has 0 saturated carbocycles. The Morgan fingerprint density at radius 1 is 1.22 bits per heavy atom. The van der Waals surface area contributed by atoms with Crippen LogP contribution in [0.25, 0.3) is 0 Å². The number of carbonyl (C=O) groups excluding carboxylic acids is 1. The molecule has 23 heavy (non-hydrogen) atoms. The number of hydrogen-bond acceptors (Lipinski definition) is 2. The molecule has 0 radical (unpaired) electrons. The van der Waals surface area contributed by atoms with Gasteiger partial charge in [-0.15, -0.1) is 0 Å². The van der Waals surface area contributed by atoms with E-state index in [0.29, 0.717) is 12.2 Å². The summed E-state index contributed by atoms with van der Waals surface area (Å²) in [6.07, 6.45) is 1.69. The van der Waals surface area contributed by atoms with Gasteiger partial charge in [-0.05, 0) is 56.2 Å². The third-order valence-corrected chi connectivity index (χ3v) is 3.72. The Kier molecular flexibility index (Phi) is 5.58. The minimum absolute atomic E-state index is 0.0419. The van der Waals surface area contributed by atoms with Gasteiger partial charge < -0.3 is 10.1 Å². The molecule has 0 aliphatic carbocycles. The Labute approximate surface area is 138 Å². The molecule has 2 rings (SSSR count). The first-order valence-electron chi connectivity index (χ1n) is 7.73. The van der Waals surface area contributed by atoms with Crippen LogP contribution in [0.3, 0.4) is 0 Å². The molecule has 3 heteroatoms. The zero-order valence-electron chi connectivity index (χ0n) is 13.9. The number of carbonyl (C=O) groups is 1. The van der Waals surface area contributed by atoms with Crippen molar-refractivity contribution in [3.63, 3.8) is 0 Å². The second-order valence-corrected chi connectivity index (χ2v) is 5.68. The molecular formula is C20H23NO2. The average molecular weight is 309 g/mol. The molecule has 0 spiro atoms. The quantitative estimate of drug-likeness (QED) is 0.805. The molecule has 120 valence electrons. The van der Waals surface area contributed by atoms with Crippen molar-refractivity contribution in [1.29, 1.82) is 0 Å². The summed E-state index contributed by atoms with van der Waals surface area (Å²) in [5, 5.41) is 3.04. The number of ether oxygens (including phenoxy) is 1. The van der Waals surface area contributed by atoms with Crippen molar-refractivity contribution in [2.24, 2.45) is 0 Å². The number of benzene rings is 2. The molecule has 1 N–H and O–H groups in total. The van der Waals surface area contributed by atoms with Gasteiger partial charge in [0.1, 0.15) is 12.4 Å². The molecule has 1 amide bonds. The highest BCUT2D eigenvalue weighted by Gasteiger charge is 2.13. The highest BCUT2D eigenvalue weighted by molar-refractivity contribution is 5.94. The van der Waals surface area contributed by atoms with Crippen molar-refractivity contribution in [3.05, 3.63) is 77.4 Å². The van der Waals surface area contributed by atoms with Gasteiger partial charge in [0.05, 0.1) is 6.04 Å². The van der Waals surface area contributed by atoms with Gasteiger partial charge in [-0.1, -0.05) is 36.4 Å². The SMILES string of the molecule is C=CCOc1ccc(C(=O)N[C@H](C)c2ccc(C)cc2C)cc1. The Bertz CT molecular complexity index is 689. The van der Waals surface area contributed by atoms with Gasteiger partial charge in [-0.3, -0.25) is 4.79 Å². The molecule has 3 nitrogen and oxygen atoms in total. The molecular weight excluding hydrogens is 286 g/mol. The van der Waals surface area contributed by atoms with E-state index in [1.54, 1.807) is 30.3 Å². The van der Waals surface area contributed by atoms with Gasteiger partial charge in [-0.2, -0.15) is 0 Å². The van der Waals surface area contributed by atoms with Gasteiger partial charge in [0.25, 0.3) is 5.91 Å². The summed E-state index contributed by atoms with van der Waals surface area (Å²) >= 11 is 0. The minimum atomic E-state index is -0.0901. The topological polar surface area (TPSA) is 38.3 Å². The molecule has 0 saturated heterocycles. The van der Waals surface area contributed by atoms with E-state index >= 15 is 0 Å². The summed E-state index contributed by atoms with van der Waals surface area (Å²) in [6, 6.07) is 13.3. The number of hydrogen-bond donors (Lipinski definition) is 1. The largest absolute Gasteiger partial charge is 0.490 e. The number of rotatable bonds is 6. The molecule has 2 aromatic rings. The van der Waals surface area contributed by atoms with Crippen molar-refractivity contribution in [2.75, 3.05) is 6.61 Å². The van der Waals surface area contributed by atoms with Crippen LogP contribution < -0.4 is 10.1 Å². The van der Waals surface area contributed by atoms with Crippen LogP contribution in [0.15, 0.2) is 55.1 Å². The molecule has 0 aromatic heterocycles. The van der Waals surface area contributed by atoms with Crippen molar-refractivity contribution in [3.8, 4) is 5.75 Å². The standard InChI is InChI=1S/C20H23NO2/c1-5-12-23-18-9-7-17(8-10-18)20(22)21-16(4)19-11-6-14(2)13-15(19)3/h5-11,13,16H,1,12H2,2-4H3,(H,21,22)/t16-/m1/s1. The fourth-order valence-electron chi connectivity index (χ4n) is 2.53. The first-order chi connectivity index (χ1) is 11.0. The molecule has 0 unspecified atom stereocenters. The van der Waals surface area contributed by atoms with E-state index in [0.717, 1.165) is 11.3 Å². The van der Waals surface area contributed by atoms with Crippen LogP contribution in [-0.2, 0) is 0 Å². The summed E-state index contributed by atoms with van der Waals surface area (Å²) in [6.45, 7) is 10.2. The summed E-state index contributed by atoms with van der Waals surface area (Å²) in [7, 11) is 0. The lowest BCUT2D eigenvalue weighted by Crippen LogP contribution is -2.27. The Balaban J connectivity index is 2.04. The van der Waals surface area contributed by atoms with Crippen LogP contribution in [0.1, 0.15) is 40.0 Å². The molecule has 0 aliphatic rings. The molecule has 2 aromatic carbocycles. The smallest absolute Gasteiger partial charge is 0.251 e. The first-order valence-corrected chi connectivity index (χ1v) is 7.73. The lowest BCUT2D eigenvalue weighted by atomic mass is 10.00. The predicted octanol–water partition coefficient (Wildman–Crippen LogP) is 4.36. The van der Waals surface area contributed by atoms with E-state index in [1.807, 2.05) is 6.92 Å². The number of nitrogens with one attached hydrogen (secondary N) is 1. The van der Waals surface area contributed by atoms with E-state index in [4.69, 9.17) is 4.74 Å². The maximum absolute atomic E-state index is 12.4. The van der Waals surface area contributed by atoms with E-state index in [9.17, 15) is 4.79 Å². The second-order valence-electron chi connectivity index (χ2n) is 5.68. The Morgan fingerprint density at radius 3 is 2.52 bits per heavy atom. The molecule has 1 atom stereocenters. The summed E-state index contributed by atoms with van der Waals surface area (Å²) in [4.78, 5) is 12.4. The second kappa shape index (κ2) is 7.63. The lowest BCUT2D eigenvalue weighted by molar-refractivity contribution is 0.0940. The van der Waals surface area contributed by atoms with Crippen LogP contribution in [-0.4, -0.2) is 12.5 Å². The summed E-state index contributed by atoms with van der Waals surface area (Å²) in [5.74, 6) is 0.636. The molecule has 0 heterocycles. The van der Waals surface area contributed by atoms with Crippen molar-refractivity contribution >= 4 is 5.91 Å². The minimum Gasteiger partial charge on any atom is -0.490 e. The zero-order valence-corrected chi connectivity index (χ0v) is 13.9. The monoisotopic (exact) mass is 309 g/mol. The van der Waals surface area contributed by atoms with Gasteiger partial charge in [-0.25, -0.2) is 0 Å². The summed E-state index contributed by atoms with van der Waals surface area (Å²) in [5.41, 5.74) is 4.16. The number of amides is 1. The van der Waals surface area contributed by atoms with E-state index in [-0.39, 0.29) is 11.9 Å². The predicted molar refractivity (Wildman–Crippen MR) is 93.9 cm³/mol. The maximum Gasteiger partial charge on any atom is 0.251 e. The fourth-order valence-corrected chi connectivity index (χ4v) is 2.53. The van der Waals surface area contributed by atoms with Gasteiger partial charge in [0.2, 0.25) is 0 Å². The van der Waals surface area contributed by atoms with Crippen LogP contribution >= 0.6 is 0 Å². The normalized spacial score (nSPS) is 11.6. The molecule has 0 bridgehead atoms. The zero-order chi connectivity index (χ0) is 16.8. The van der Waals surface area contributed by atoms with Crippen LogP contribution in [0, 0.1) is 13.8 Å². The Morgan fingerprint density at radius 2 is 1.91 bits per heavy atom. The maximum atomic E-state index is 12.4. The van der Waals surface area contributed by atoms with Gasteiger partial charge in [0.15, 0.2) is 0 Å². The average Bonchev–Trinajstić information content (AvgIpc) is 2.53. The lowest BCUT2D eigenvalue weighted by Gasteiger charge is -2.17. The van der Waals surface area contributed by atoms with Crippen LogP contribution in [0.4, 0.5) is 0 Å². The first kappa shape index (κ1) is 16.8. The molecule has 0 aliphatic heterocycles. The highest BCUT2D eigenvalue weighted by Crippen LogP contribution is 2.19.